The number of rotatable bonds is 5. The number of aryl methyl sites for hydroxylation is 2. The summed E-state index contributed by atoms with van der Waals surface area (Å²) in [4.78, 5) is 25.3. The minimum absolute atomic E-state index is 0.00362. The Labute approximate surface area is 209 Å². The molecular formula is C24H33BrN4O4S. The fraction of sp³-hybridized carbons (Fsp3) is 0.667. The molecule has 4 aliphatic carbocycles. The fourth-order valence-corrected chi connectivity index (χ4v) is 9.88. The second kappa shape index (κ2) is 8.48. The highest BCUT2D eigenvalue weighted by Gasteiger charge is 2.58. The molecule has 1 aromatic rings. The number of carbonyl (C=O) groups excluding carboxylic acids is 2. The maximum atomic E-state index is 13.5. The van der Waals surface area contributed by atoms with Gasteiger partial charge in [0.25, 0.3) is 0 Å². The van der Waals surface area contributed by atoms with Crippen LogP contribution in [0.25, 0.3) is 0 Å². The van der Waals surface area contributed by atoms with Crippen molar-refractivity contribution in [1.82, 2.24) is 9.62 Å². The average Bonchev–Trinajstić information content (AvgIpc) is 2.72. The fourth-order valence-electron chi connectivity index (χ4n) is 7.40. The molecule has 5 aliphatic rings. The van der Waals surface area contributed by atoms with E-state index in [2.05, 4.69) is 21.2 Å². The van der Waals surface area contributed by atoms with Crippen LogP contribution in [0.3, 0.4) is 0 Å². The second-order valence-electron chi connectivity index (χ2n) is 10.9. The van der Waals surface area contributed by atoms with Crippen molar-refractivity contribution in [2.45, 2.75) is 58.4 Å². The Kier molecular flexibility index (Phi) is 6.00. The first kappa shape index (κ1) is 24.1. The van der Waals surface area contributed by atoms with Crippen molar-refractivity contribution in [3.63, 3.8) is 0 Å². The minimum atomic E-state index is -3.82. The molecule has 34 heavy (non-hydrogen) atoms. The van der Waals surface area contributed by atoms with Crippen LogP contribution in [-0.2, 0) is 19.8 Å². The van der Waals surface area contributed by atoms with E-state index in [9.17, 15) is 18.0 Å². The number of nitrogens with one attached hydrogen (secondary N) is 1. The van der Waals surface area contributed by atoms with Crippen molar-refractivity contribution in [3.05, 3.63) is 27.7 Å². The van der Waals surface area contributed by atoms with Crippen molar-refractivity contribution >= 4 is 43.6 Å². The molecule has 10 heteroatoms. The Morgan fingerprint density at radius 1 is 1.12 bits per heavy atom. The van der Waals surface area contributed by atoms with E-state index in [1.165, 1.54) is 8.61 Å². The third-order valence-electron chi connectivity index (χ3n) is 8.52. The number of hydrogen-bond acceptors (Lipinski definition) is 4. The van der Waals surface area contributed by atoms with E-state index in [0.29, 0.717) is 31.1 Å². The molecule has 8 nitrogen and oxygen atoms in total. The van der Waals surface area contributed by atoms with E-state index in [-0.39, 0.29) is 36.2 Å². The molecule has 1 heterocycles. The van der Waals surface area contributed by atoms with Gasteiger partial charge in [0.15, 0.2) is 0 Å². The molecule has 2 atom stereocenters. The van der Waals surface area contributed by atoms with Gasteiger partial charge >= 0.3 is 10.2 Å². The van der Waals surface area contributed by atoms with E-state index in [0.717, 1.165) is 47.7 Å². The largest absolute Gasteiger partial charge is 0.369 e. The van der Waals surface area contributed by atoms with Gasteiger partial charge in [-0.2, -0.15) is 12.7 Å². The summed E-state index contributed by atoms with van der Waals surface area (Å²) in [5.41, 5.74) is 7.80. The Morgan fingerprint density at radius 3 is 2.32 bits per heavy atom. The summed E-state index contributed by atoms with van der Waals surface area (Å²) in [7, 11) is -3.82. The van der Waals surface area contributed by atoms with E-state index in [1.807, 2.05) is 26.0 Å². The molecule has 2 unspecified atom stereocenters. The van der Waals surface area contributed by atoms with Crippen LogP contribution < -0.4 is 15.4 Å². The van der Waals surface area contributed by atoms with Gasteiger partial charge in [0.1, 0.15) is 0 Å². The molecule has 3 N–H and O–H groups in total. The minimum Gasteiger partial charge on any atom is -0.369 e. The van der Waals surface area contributed by atoms with E-state index in [1.54, 1.807) is 0 Å². The first-order chi connectivity index (χ1) is 16.0. The molecule has 0 radical (unpaired) electrons. The summed E-state index contributed by atoms with van der Waals surface area (Å²) in [5, 5.41) is 3.17. The quantitative estimate of drug-likeness (QED) is 0.584. The standard InChI is InChI=1S/C24H33BrN4O4S/c1-14-6-19(25)7-15(2)22(14)29-5-3-4-28(34(29,32)33)13-20(30)27-21-17-8-16-9-18(21)12-24(10-16,11-17)23(26)31/h6-7,16-18,21H,3-5,8-13H2,1-2H3,(H2,26,31)(H,27,30). The highest BCUT2D eigenvalue weighted by Crippen LogP contribution is 2.59. The van der Waals surface area contributed by atoms with Gasteiger partial charge in [-0.25, -0.2) is 0 Å². The molecule has 186 valence electrons. The third kappa shape index (κ3) is 3.95. The number of anilines is 1. The van der Waals surface area contributed by atoms with Gasteiger partial charge in [0.05, 0.1) is 12.2 Å². The van der Waals surface area contributed by atoms with Crippen LogP contribution in [0.4, 0.5) is 5.69 Å². The Hall–Kier alpha value is -1.65. The normalized spacial score (nSPS) is 34.3. The maximum Gasteiger partial charge on any atom is 0.304 e. The Balaban J connectivity index is 1.30. The van der Waals surface area contributed by atoms with E-state index < -0.39 is 15.6 Å². The first-order valence-electron chi connectivity index (χ1n) is 12.1. The summed E-state index contributed by atoms with van der Waals surface area (Å²) in [6.07, 6.45) is 5.02. The Morgan fingerprint density at radius 2 is 1.74 bits per heavy atom. The smallest absolute Gasteiger partial charge is 0.304 e. The van der Waals surface area contributed by atoms with Crippen molar-refractivity contribution in [3.8, 4) is 0 Å². The number of nitrogens with zero attached hydrogens (tertiary/aromatic N) is 2. The average molecular weight is 554 g/mol. The van der Waals surface area contributed by atoms with Gasteiger partial charge in [-0.3, -0.25) is 13.9 Å². The van der Waals surface area contributed by atoms with Crippen LogP contribution in [0.15, 0.2) is 16.6 Å². The predicted molar refractivity (Wildman–Crippen MR) is 133 cm³/mol. The summed E-state index contributed by atoms with van der Waals surface area (Å²) in [5.74, 6) is 0.525. The number of hydrogen-bond donors (Lipinski definition) is 2. The highest BCUT2D eigenvalue weighted by molar-refractivity contribution is 9.10. The topological polar surface area (TPSA) is 113 Å². The molecule has 1 aliphatic heterocycles. The van der Waals surface area contributed by atoms with Crippen molar-refractivity contribution in [1.29, 1.82) is 0 Å². The van der Waals surface area contributed by atoms with Crippen molar-refractivity contribution in [2.75, 3.05) is 23.9 Å². The molecule has 0 aromatic heterocycles. The number of primary amides is 1. The summed E-state index contributed by atoms with van der Waals surface area (Å²) < 4.78 is 30.7. The molecule has 4 saturated carbocycles. The summed E-state index contributed by atoms with van der Waals surface area (Å²) in [6, 6.07) is 3.82. The van der Waals surface area contributed by atoms with Gasteiger partial charge < -0.3 is 11.1 Å². The number of halogens is 1. The lowest BCUT2D eigenvalue weighted by Crippen LogP contribution is -2.63. The van der Waals surface area contributed by atoms with Crippen LogP contribution in [0.2, 0.25) is 0 Å². The molecule has 1 saturated heterocycles. The highest BCUT2D eigenvalue weighted by atomic mass is 79.9. The van der Waals surface area contributed by atoms with Gasteiger partial charge in [0.2, 0.25) is 11.8 Å². The zero-order valence-electron chi connectivity index (χ0n) is 19.7. The van der Waals surface area contributed by atoms with Crippen molar-refractivity contribution in [2.24, 2.45) is 28.9 Å². The van der Waals surface area contributed by atoms with Crippen LogP contribution in [-0.4, -0.2) is 50.2 Å². The van der Waals surface area contributed by atoms with E-state index >= 15 is 0 Å². The maximum absolute atomic E-state index is 13.5. The van der Waals surface area contributed by atoms with Crippen LogP contribution >= 0.6 is 15.9 Å². The summed E-state index contributed by atoms with van der Waals surface area (Å²) in [6.45, 7) is 4.34. The predicted octanol–water partition coefficient (Wildman–Crippen LogP) is 2.62. The van der Waals surface area contributed by atoms with Crippen molar-refractivity contribution < 1.29 is 18.0 Å². The van der Waals surface area contributed by atoms with Gasteiger partial charge in [-0.15, -0.1) is 0 Å². The first-order valence-corrected chi connectivity index (χ1v) is 14.3. The van der Waals surface area contributed by atoms with E-state index in [4.69, 9.17) is 5.73 Å². The summed E-state index contributed by atoms with van der Waals surface area (Å²) >= 11 is 3.47. The lowest BCUT2D eigenvalue weighted by Gasteiger charge is -2.58. The van der Waals surface area contributed by atoms with Crippen LogP contribution in [0.5, 0.6) is 0 Å². The monoisotopic (exact) mass is 552 g/mol. The lowest BCUT2D eigenvalue weighted by molar-refractivity contribution is -0.147. The molecular weight excluding hydrogens is 520 g/mol. The van der Waals surface area contributed by atoms with Gasteiger partial charge in [-0.05, 0) is 93.4 Å². The zero-order chi connectivity index (χ0) is 24.4. The lowest BCUT2D eigenvalue weighted by atomic mass is 9.47. The molecule has 0 spiro atoms. The third-order valence-corrected chi connectivity index (χ3v) is 10.9. The number of benzene rings is 1. The molecule has 6 rings (SSSR count). The van der Waals surface area contributed by atoms with Gasteiger partial charge in [0, 0.05) is 29.0 Å². The molecule has 2 amide bonds. The Bertz CT molecular complexity index is 1100. The number of carbonyl (C=O) groups is 2. The van der Waals surface area contributed by atoms with Crippen LogP contribution in [0, 0.1) is 37.0 Å². The number of amides is 2. The zero-order valence-corrected chi connectivity index (χ0v) is 22.1. The molecule has 1 aromatic carbocycles. The SMILES string of the molecule is Cc1cc(Br)cc(C)c1N1CCCN(CC(=O)NC2C3CC4CC2CC(C(N)=O)(C4)C3)S1(=O)=O. The van der Waals surface area contributed by atoms with Crippen LogP contribution in [0.1, 0.15) is 49.7 Å². The molecule has 4 bridgehead atoms. The van der Waals surface area contributed by atoms with Gasteiger partial charge in [-0.1, -0.05) is 15.9 Å². The molecule has 5 fully saturated rings. The second-order valence-corrected chi connectivity index (χ2v) is 13.6. The number of nitrogens with two attached hydrogens (primary N) is 1.